The van der Waals surface area contributed by atoms with Crippen molar-refractivity contribution in [3.05, 3.63) is 53.9 Å². The van der Waals surface area contributed by atoms with E-state index in [4.69, 9.17) is 0 Å². The predicted molar refractivity (Wildman–Crippen MR) is 116 cm³/mol. The average molecular weight is 434 g/mol. The molecule has 1 aromatic carbocycles. The molecular formula is C20H24ClN5O2S. The van der Waals surface area contributed by atoms with Crippen LogP contribution in [0.1, 0.15) is 11.1 Å². The standard InChI is InChI=1S/C20H23N5O2S.ClH/c26-28(27,18-13-23-20-17(18)5-2-7-22-20)25-11-9-24(10-12-25)14-16-4-1-3-15-6-8-21-19(15)16;/h1-5,7,13,21H,6,8-12,14H2,(H,22,23);1H. The van der Waals surface area contributed by atoms with E-state index in [0.29, 0.717) is 29.0 Å². The van der Waals surface area contributed by atoms with E-state index in [9.17, 15) is 8.42 Å². The zero-order valence-corrected chi connectivity index (χ0v) is 17.6. The smallest absolute Gasteiger partial charge is 0.245 e. The number of H-pyrrole nitrogens is 1. The van der Waals surface area contributed by atoms with Crippen molar-refractivity contribution < 1.29 is 8.42 Å². The Morgan fingerprint density at radius 2 is 1.90 bits per heavy atom. The maximum absolute atomic E-state index is 13.1. The molecule has 5 rings (SSSR count). The van der Waals surface area contributed by atoms with Crippen LogP contribution in [0.25, 0.3) is 11.0 Å². The molecule has 3 aromatic rings. The van der Waals surface area contributed by atoms with Crippen LogP contribution >= 0.6 is 12.4 Å². The van der Waals surface area contributed by atoms with Gasteiger partial charge in [-0.3, -0.25) is 4.90 Å². The van der Waals surface area contributed by atoms with Gasteiger partial charge in [0.25, 0.3) is 0 Å². The van der Waals surface area contributed by atoms with Crippen molar-refractivity contribution in [1.29, 1.82) is 0 Å². The Kier molecular flexibility index (Phi) is 5.52. The van der Waals surface area contributed by atoms with E-state index in [0.717, 1.165) is 32.6 Å². The molecular weight excluding hydrogens is 410 g/mol. The maximum atomic E-state index is 13.1. The number of aromatic amines is 1. The minimum Gasteiger partial charge on any atom is -0.384 e. The number of benzene rings is 1. The highest BCUT2D eigenvalue weighted by molar-refractivity contribution is 7.89. The molecule has 0 bridgehead atoms. The normalized spacial score (nSPS) is 17.7. The number of para-hydroxylation sites is 1. The molecule has 4 heterocycles. The van der Waals surface area contributed by atoms with Gasteiger partial charge in [0.1, 0.15) is 10.5 Å². The molecule has 154 valence electrons. The monoisotopic (exact) mass is 433 g/mol. The van der Waals surface area contributed by atoms with Gasteiger partial charge in [0.15, 0.2) is 0 Å². The minimum absolute atomic E-state index is 0. The van der Waals surface area contributed by atoms with E-state index >= 15 is 0 Å². The Hall–Kier alpha value is -2.13. The van der Waals surface area contributed by atoms with Crippen molar-refractivity contribution in [2.45, 2.75) is 17.9 Å². The van der Waals surface area contributed by atoms with Gasteiger partial charge in [0, 0.05) is 62.7 Å². The van der Waals surface area contributed by atoms with Gasteiger partial charge in [0.05, 0.1) is 0 Å². The molecule has 29 heavy (non-hydrogen) atoms. The largest absolute Gasteiger partial charge is 0.384 e. The molecule has 0 spiro atoms. The minimum atomic E-state index is -3.53. The van der Waals surface area contributed by atoms with Crippen LogP contribution in [0, 0.1) is 0 Å². The Morgan fingerprint density at radius 1 is 1.07 bits per heavy atom. The zero-order valence-electron chi connectivity index (χ0n) is 16.0. The molecule has 0 saturated carbocycles. The first-order valence-electron chi connectivity index (χ1n) is 9.62. The molecule has 0 aliphatic carbocycles. The molecule has 7 nitrogen and oxygen atoms in total. The Bertz CT molecular complexity index is 1120. The van der Waals surface area contributed by atoms with Crippen LogP contribution in [0.4, 0.5) is 5.69 Å². The second-order valence-corrected chi connectivity index (χ2v) is 9.27. The summed E-state index contributed by atoms with van der Waals surface area (Å²) in [6, 6.07) is 10.0. The number of rotatable bonds is 4. The van der Waals surface area contributed by atoms with Crippen molar-refractivity contribution in [1.82, 2.24) is 19.2 Å². The van der Waals surface area contributed by atoms with E-state index in [1.165, 1.54) is 16.8 Å². The second-order valence-electron chi connectivity index (χ2n) is 7.36. The number of sulfonamides is 1. The number of aromatic nitrogens is 2. The molecule has 2 aliphatic heterocycles. The number of piperazine rings is 1. The number of hydrogen-bond donors (Lipinski definition) is 2. The molecule has 1 fully saturated rings. The van der Waals surface area contributed by atoms with E-state index in [-0.39, 0.29) is 12.4 Å². The summed E-state index contributed by atoms with van der Waals surface area (Å²) in [5.41, 5.74) is 4.55. The highest BCUT2D eigenvalue weighted by atomic mass is 35.5. The fraction of sp³-hybridized carbons (Fsp3) is 0.350. The number of nitrogens with zero attached hydrogens (tertiary/aromatic N) is 3. The lowest BCUT2D eigenvalue weighted by molar-refractivity contribution is 0.182. The highest BCUT2D eigenvalue weighted by Gasteiger charge is 2.31. The van der Waals surface area contributed by atoms with Crippen molar-refractivity contribution in [3.63, 3.8) is 0 Å². The first-order chi connectivity index (χ1) is 13.6. The summed E-state index contributed by atoms with van der Waals surface area (Å²) in [5, 5.41) is 4.13. The number of pyridine rings is 1. The first-order valence-corrected chi connectivity index (χ1v) is 11.1. The summed E-state index contributed by atoms with van der Waals surface area (Å²) in [5.74, 6) is 0. The van der Waals surface area contributed by atoms with Crippen LogP contribution < -0.4 is 5.32 Å². The van der Waals surface area contributed by atoms with Crippen LogP contribution in [0.15, 0.2) is 47.6 Å². The third-order valence-electron chi connectivity index (χ3n) is 5.69. The Labute approximate surface area is 176 Å². The molecule has 2 N–H and O–H groups in total. The van der Waals surface area contributed by atoms with E-state index in [1.54, 1.807) is 28.8 Å². The molecule has 0 unspecified atom stereocenters. The van der Waals surface area contributed by atoms with E-state index in [1.807, 2.05) is 0 Å². The van der Waals surface area contributed by atoms with Gasteiger partial charge in [-0.15, -0.1) is 12.4 Å². The van der Waals surface area contributed by atoms with Crippen LogP contribution in [-0.2, 0) is 23.0 Å². The number of anilines is 1. The average Bonchev–Trinajstić information content (AvgIpc) is 3.36. The lowest BCUT2D eigenvalue weighted by Crippen LogP contribution is -2.48. The van der Waals surface area contributed by atoms with E-state index in [2.05, 4.69) is 38.4 Å². The van der Waals surface area contributed by atoms with Gasteiger partial charge in [-0.2, -0.15) is 4.31 Å². The summed E-state index contributed by atoms with van der Waals surface area (Å²) >= 11 is 0. The summed E-state index contributed by atoms with van der Waals surface area (Å²) in [6.45, 7) is 4.29. The van der Waals surface area contributed by atoms with Crippen molar-refractivity contribution in [3.8, 4) is 0 Å². The quantitative estimate of drug-likeness (QED) is 0.660. The van der Waals surface area contributed by atoms with Crippen LogP contribution in [0.5, 0.6) is 0 Å². The van der Waals surface area contributed by atoms with Crippen molar-refractivity contribution >= 4 is 39.2 Å². The Balaban J connectivity index is 0.00000205. The Morgan fingerprint density at radius 3 is 2.72 bits per heavy atom. The maximum Gasteiger partial charge on any atom is 0.245 e. The fourth-order valence-electron chi connectivity index (χ4n) is 4.19. The van der Waals surface area contributed by atoms with Gasteiger partial charge < -0.3 is 10.3 Å². The summed E-state index contributed by atoms with van der Waals surface area (Å²) in [6.07, 6.45) is 4.29. The topological polar surface area (TPSA) is 81.3 Å². The number of fused-ring (bicyclic) bond motifs is 2. The van der Waals surface area contributed by atoms with Gasteiger partial charge in [-0.05, 0) is 29.7 Å². The van der Waals surface area contributed by atoms with Gasteiger partial charge in [-0.25, -0.2) is 13.4 Å². The lowest BCUT2D eigenvalue weighted by Gasteiger charge is -2.34. The molecule has 1 saturated heterocycles. The number of nitrogens with one attached hydrogen (secondary N) is 2. The van der Waals surface area contributed by atoms with Crippen molar-refractivity contribution in [2.75, 3.05) is 38.0 Å². The third-order valence-corrected chi connectivity index (χ3v) is 7.63. The molecule has 9 heteroatoms. The van der Waals surface area contributed by atoms with Crippen molar-refractivity contribution in [2.24, 2.45) is 0 Å². The molecule has 0 radical (unpaired) electrons. The molecule has 2 aliphatic rings. The number of hydrogen-bond acceptors (Lipinski definition) is 5. The van der Waals surface area contributed by atoms with Gasteiger partial charge in [0.2, 0.25) is 10.0 Å². The molecule has 2 aromatic heterocycles. The second kappa shape index (κ2) is 7.95. The van der Waals surface area contributed by atoms with Gasteiger partial charge >= 0.3 is 0 Å². The van der Waals surface area contributed by atoms with Crippen LogP contribution in [0.3, 0.4) is 0 Å². The SMILES string of the molecule is Cl.O=S(=O)(c1c[nH]c2ncccc12)N1CCN(Cc2cccc3c2NCC3)CC1. The predicted octanol–water partition coefficient (Wildman–Crippen LogP) is 2.46. The van der Waals surface area contributed by atoms with E-state index < -0.39 is 10.0 Å². The fourth-order valence-corrected chi connectivity index (χ4v) is 5.77. The molecule has 0 amide bonds. The summed E-state index contributed by atoms with van der Waals surface area (Å²) in [7, 11) is -3.53. The lowest BCUT2D eigenvalue weighted by atomic mass is 10.1. The molecule has 0 atom stereocenters. The van der Waals surface area contributed by atoms with Crippen LogP contribution in [-0.4, -0.2) is 60.3 Å². The van der Waals surface area contributed by atoms with Gasteiger partial charge in [-0.1, -0.05) is 18.2 Å². The summed E-state index contributed by atoms with van der Waals surface area (Å²) in [4.78, 5) is 9.81. The summed E-state index contributed by atoms with van der Waals surface area (Å²) < 4.78 is 27.9. The first kappa shape index (κ1) is 20.2. The third kappa shape index (κ3) is 3.61. The number of halogens is 1. The zero-order chi connectivity index (χ0) is 19.1. The highest BCUT2D eigenvalue weighted by Crippen LogP contribution is 2.29. The van der Waals surface area contributed by atoms with Crippen LogP contribution in [0.2, 0.25) is 0 Å².